The molecule has 0 aliphatic carbocycles. The molecule has 190 valence electrons. The highest BCUT2D eigenvalue weighted by atomic mass is 16.6. The van der Waals surface area contributed by atoms with Gasteiger partial charge in [0.1, 0.15) is 23.4 Å². The molecule has 0 bridgehead atoms. The van der Waals surface area contributed by atoms with Crippen LogP contribution in [0.3, 0.4) is 0 Å². The van der Waals surface area contributed by atoms with Crippen molar-refractivity contribution in [3.05, 3.63) is 29.3 Å². The first-order valence-corrected chi connectivity index (χ1v) is 11.1. The largest absolute Gasteiger partial charge is 0.507 e. The predicted octanol–water partition coefficient (Wildman–Crippen LogP) is 2.27. The number of nitrogens with one attached hydrogen (secondary N) is 2. The molecule has 2 atom stereocenters. The standard InChI is InChI=1S/C24H38N4O6/c1-14-10-9-11-15(19(14)30)18(20(31)27-23(2,3)4)28(8)21(32)16(12-13-17(25)29)26-22(33)34-24(5,6)7/h9-11,16,18,30H,12-13H2,1-8H3,(H2,25,29)(H,26,33)(H,27,31). The van der Waals surface area contributed by atoms with Crippen LogP contribution in [0.5, 0.6) is 5.75 Å². The fourth-order valence-corrected chi connectivity index (χ4v) is 3.23. The lowest BCUT2D eigenvalue weighted by atomic mass is 9.98. The van der Waals surface area contributed by atoms with Crippen molar-refractivity contribution >= 4 is 23.8 Å². The third-order valence-electron chi connectivity index (χ3n) is 4.71. The van der Waals surface area contributed by atoms with Crippen molar-refractivity contribution in [2.75, 3.05) is 7.05 Å². The van der Waals surface area contributed by atoms with Gasteiger partial charge < -0.3 is 31.1 Å². The molecule has 1 rings (SSSR count). The van der Waals surface area contributed by atoms with Crippen LogP contribution >= 0.6 is 0 Å². The smallest absolute Gasteiger partial charge is 0.408 e. The van der Waals surface area contributed by atoms with E-state index in [-0.39, 0.29) is 24.2 Å². The number of hydrogen-bond donors (Lipinski definition) is 4. The molecule has 1 aromatic carbocycles. The molecule has 0 aromatic heterocycles. The van der Waals surface area contributed by atoms with Crippen LogP contribution in [-0.4, -0.2) is 58.1 Å². The van der Waals surface area contributed by atoms with Crippen molar-refractivity contribution in [3.63, 3.8) is 0 Å². The van der Waals surface area contributed by atoms with Crippen LogP contribution in [0.1, 0.15) is 71.6 Å². The van der Waals surface area contributed by atoms with Crippen molar-refractivity contribution in [1.82, 2.24) is 15.5 Å². The molecule has 4 amide bonds. The molecule has 0 fully saturated rings. The average Bonchev–Trinajstić information content (AvgIpc) is 2.65. The Hall–Kier alpha value is -3.30. The zero-order chi connectivity index (χ0) is 26.4. The molecule has 2 unspecified atom stereocenters. The van der Waals surface area contributed by atoms with Gasteiger partial charge in [-0.15, -0.1) is 0 Å². The van der Waals surface area contributed by atoms with E-state index in [9.17, 15) is 24.3 Å². The van der Waals surface area contributed by atoms with Crippen LogP contribution in [0.2, 0.25) is 0 Å². The molecule has 0 heterocycles. The number of phenols is 1. The molecule has 1 aromatic rings. The van der Waals surface area contributed by atoms with Gasteiger partial charge >= 0.3 is 6.09 Å². The lowest BCUT2D eigenvalue weighted by Gasteiger charge is -2.34. The summed E-state index contributed by atoms with van der Waals surface area (Å²) in [6, 6.07) is 2.51. The van der Waals surface area contributed by atoms with E-state index in [4.69, 9.17) is 10.5 Å². The van der Waals surface area contributed by atoms with E-state index in [1.165, 1.54) is 7.05 Å². The third-order valence-corrected chi connectivity index (χ3v) is 4.71. The van der Waals surface area contributed by atoms with Crippen LogP contribution in [0, 0.1) is 6.92 Å². The van der Waals surface area contributed by atoms with E-state index >= 15 is 0 Å². The fourth-order valence-electron chi connectivity index (χ4n) is 3.23. The maximum absolute atomic E-state index is 13.5. The highest BCUT2D eigenvalue weighted by Gasteiger charge is 2.36. The molecule has 0 radical (unpaired) electrons. The number of primary amides is 1. The molecule has 0 aliphatic rings. The van der Waals surface area contributed by atoms with Gasteiger partial charge in [-0.2, -0.15) is 0 Å². The van der Waals surface area contributed by atoms with E-state index in [1.807, 2.05) is 0 Å². The second kappa shape index (κ2) is 11.2. The van der Waals surface area contributed by atoms with Gasteiger partial charge in [-0.05, 0) is 60.5 Å². The fraction of sp³-hybridized carbons (Fsp3) is 0.583. The van der Waals surface area contributed by atoms with Crippen LogP contribution in [-0.2, 0) is 19.1 Å². The number of nitrogens with two attached hydrogens (primary N) is 1. The molecule has 0 saturated carbocycles. The highest BCUT2D eigenvalue weighted by Crippen LogP contribution is 2.32. The number of ether oxygens (including phenoxy) is 1. The number of likely N-dealkylation sites (N-methyl/N-ethyl adjacent to an activating group) is 1. The van der Waals surface area contributed by atoms with E-state index in [1.54, 1.807) is 66.7 Å². The summed E-state index contributed by atoms with van der Waals surface area (Å²) in [4.78, 5) is 51.6. The maximum atomic E-state index is 13.5. The van der Waals surface area contributed by atoms with Gasteiger partial charge in [0.2, 0.25) is 17.7 Å². The Morgan fingerprint density at radius 1 is 1.12 bits per heavy atom. The minimum Gasteiger partial charge on any atom is -0.507 e. The molecule has 10 heteroatoms. The first-order chi connectivity index (χ1) is 15.4. The summed E-state index contributed by atoms with van der Waals surface area (Å²) in [5, 5.41) is 16.0. The van der Waals surface area contributed by atoms with Crippen LogP contribution < -0.4 is 16.4 Å². The quantitative estimate of drug-likeness (QED) is 0.450. The molecule has 34 heavy (non-hydrogen) atoms. The van der Waals surface area contributed by atoms with Crippen LogP contribution in [0.4, 0.5) is 4.79 Å². The minimum absolute atomic E-state index is 0.0921. The number of para-hydroxylation sites is 1. The Kier molecular flexibility index (Phi) is 9.48. The number of rotatable bonds is 8. The van der Waals surface area contributed by atoms with Crippen molar-refractivity contribution in [2.45, 2.75) is 84.5 Å². The molecule has 10 nitrogen and oxygen atoms in total. The summed E-state index contributed by atoms with van der Waals surface area (Å²) >= 11 is 0. The number of amides is 4. The molecule has 0 saturated heterocycles. The number of hydrogen-bond acceptors (Lipinski definition) is 6. The van der Waals surface area contributed by atoms with Gasteiger partial charge in [0.15, 0.2) is 0 Å². The maximum Gasteiger partial charge on any atom is 0.408 e. The number of nitrogens with zero attached hydrogens (tertiary/aromatic N) is 1. The van der Waals surface area contributed by atoms with E-state index < -0.39 is 47.0 Å². The van der Waals surface area contributed by atoms with Gasteiger partial charge in [-0.1, -0.05) is 18.2 Å². The number of alkyl carbamates (subject to hydrolysis) is 1. The normalized spacial score (nSPS) is 13.4. The van der Waals surface area contributed by atoms with Gasteiger partial charge in [0.25, 0.3) is 0 Å². The predicted molar refractivity (Wildman–Crippen MR) is 128 cm³/mol. The SMILES string of the molecule is Cc1cccc(C(C(=O)NC(C)(C)C)N(C)C(=O)C(CCC(N)=O)NC(=O)OC(C)(C)C)c1O. The molecule has 0 spiro atoms. The van der Waals surface area contributed by atoms with Crippen LogP contribution in [0.25, 0.3) is 0 Å². The Balaban J connectivity index is 3.38. The van der Waals surface area contributed by atoms with Crippen LogP contribution in [0.15, 0.2) is 18.2 Å². The van der Waals surface area contributed by atoms with Gasteiger partial charge in [0.05, 0.1) is 0 Å². The Morgan fingerprint density at radius 3 is 2.21 bits per heavy atom. The average molecular weight is 479 g/mol. The lowest BCUT2D eigenvalue weighted by Crippen LogP contribution is -2.53. The third kappa shape index (κ3) is 8.92. The highest BCUT2D eigenvalue weighted by molar-refractivity contribution is 5.93. The zero-order valence-electron chi connectivity index (χ0n) is 21.3. The van der Waals surface area contributed by atoms with Crippen molar-refractivity contribution in [2.24, 2.45) is 5.73 Å². The summed E-state index contributed by atoms with van der Waals surface area (Å²) in [6.45, 7) is 12.1. The lowest BCUT2D eigenvalue weighted by molar-refractivity contribution is -0.141. The number of phenolic OH excluding ortho intramolecular Hbond substituents is 1. The Bertz CT molecular complexity index is 917. The number of aromatic hydroxyl groups is 1. The number of carbonyl (C=O) groups excluding carboxylic acids is 4. The number of aryl methyl sites for hydroxylation is 1. The van der Waals surface area contributed by atoms with E-state index in [0.717, 1.165) is 4.90 Å². The van der Waals surface area contributed by atoms with Crippen molar-refractivity contribution in [3.8, 4) is 5.75 Å². The summed E-state index contributed by atoms with van der Waals surface area (Å²) in [5.41, 5.74) is 4.58. The Morgan fingerprint density at radius 2 is 1.71 bits per heavy atom. The second-order valence-electron chi connectivity index (χ2n) is 10.3. The first kappa shape index (κ1) is 28.7. The second-order valence-corrected chi connectivity index (χ2v) is 10.3. The Labute approximate surface area is 201 Å². The first-order valence-electron chi connectivity index (χ1n) is 11.1. The number of benzene rings is 1. The number of carbonyl (C=O) groups is 4. The topological polar surface area (TPSA) is 151 Å². The molecule has 5 N–H and O–H groups in total. The molecular formula is C24H38N4O6. The van der Waals surface area contributed by atoms with Gasteiger partial charge in [-0.25, -0.2) is 4.79 Å². The molecule has 0 aliphatic heterocycles. The van der Waals surface area contributed by atoms with Gasteiger partial charge in [0, 0.05) is 24.6 Å². The summed E-state index contributed by atoms with van der Waals surface area (Å²) < 4.78 is 5.24. The van der Waals surface area contributed by atoms with E-state index in [2.05, 4.69) is 10.6 Å². The summed E-state index contributed by atoms with van der Waals surface area (Å²) in [6.07, 6.45) is -1.11. The van der Waals surface area contributed by atoms with E-state index in [0.29, 0.717) is 5.56 Å². The van der Waals surface area contributed by atoms with Crippen molar-refractivity contribution in [1.29, 1.82) is 0 Å². The minimum atomic E-state index is -1.21. The summed E-state index contributed by atoms with van der Waals surface area (Å²) in [7, 11) is 1.39. The van der Waals surface area contributed by atoms with Crippen molar-refractivity contribution < 1.29 is 29.0 Å². The van der Waals surface area contributed by atoms with Gasteiger partial charge in [-0.3, -0.25) is 14.4 Å². The molecular weight excluding hydrogens is 440 g/mol. The monoisotopic (exact) mass is 478 g/mol. The zero-order valence-corrected chi connectivity index (χ0v) is 21.3. The summed E-state index contributed by atoms with van der Waals surface area (Å²) in [5.74, 6) is -1.94.